The first kappa shape index (κ1) is 14.7. The Labute approximate surface area is 132 Å². The Bertz CT molecular complexity index is 740. The molecule has 0 radical (unpaired) electrons. The van der Waals surface area contributed by atoms with Crippen LogP contribution in [0.2, 0.25) is 5.15 Å². The minimum Gasteiger partial charge on any atom is -0.343 e. The fourth-order valence-corrected chi connectivity index (χ4v) is 2.49. The minimum absolute atomic E-state index is 0.566. The molecule has 8 heteroatoms. The van der Waals surface area contributed by atoms with Gasteiger partial charge in [-0.15, -0.1) is 0 Å². The molecule has 3 aromatic heterocycles. The first-order chi connectivity index (χ1) is 10.6. The fourth-order valence-electron chi connectivity index (χ4n) is 2.17. The first-order valence-corrected chi connectivity index (χ1v) is 7.12. The SMILES string of the molecule is Cc1nn(-c2ccccn2)c(Cl)c1CN(C)Cc1ncon1. The second-order valence-corrected chi connectivity index (χ2v) is 5.33. The van der Waals surface area contributed by atoms with Crippen LogP contribution in [0.1, 0.15) is 17.1 Å². The van der Waals surface area contributed by atoms with Gasteiger partial charge in [0.25, 0.3) is 0 Å². The number of hydrogen-bond donors (Lipinski definition) is 0. The molecule has 0 bridgehead atoms. The van der Waals surface area contributed by atoms with Crippen LogP contribution >= 0.6 is 11.6 Å². The van der Waals surface area contributed by atoms with E-state index in [1.165, 1.54) is 6.39 Å². The second-order valence-electron chi connectivity index (χ2n) is 4.97. The van der Waals surface area contributed by atoms with Gasteiger partial charge in [-0.2, -0.15) is 10.1 Å². The van der Waals surface area contributed by atoms with Crippen LogP contribution in [0.25, 0.3) is 5.82 Å². The van der Waals surface area contributed by atoms with Crippen molar-refractivity contribution in [3.8, 4) is 5.82 Å². The summed E-state index contributed by atoms with van der Waals surface area (Å²) in [6.07, 6.45) is 3.03. The Balaban J connectivity index is 1.81. The molecule has 0 spiro atoms. The predicted molar refractivity (Wildman–Crippen MR) is 80.6 cm³/mol. The highest BCUT2D eigenvalue weighted by Crippen LogP contribution is 2.24. The van der Waals surface area contributed by atoms with Crippen LogP contribution in [-0.2, 0) is 13.1 Å². The van der Waals surface area contributed by atoms with Gasteiger partial charge in [0.05, 0.1) is 12.2 Å². The molecule has 0 unspecified atom stereocenters. The Morgan fingerprint density at radius 1 is 1.27 bits per heavy atom. The van der Waals surface area contributed by atoms with Gasteiger partial charge < -0.3 is 4.52 Å². The van der Waals surface area contributed by atoms with E-state index in [0.717, 1.165) is 11.3 Å². The number of halogens is 1. The first-order valence-electron chi connectivity index (χ1n) is 6.74. The van der Waals surface area contributed by atoms with E-state index in [1.54, 1.807) is 10.9 Å². The molecule has 0 atom stereocenters. The third-order valence-corrected chi connectivity index (χ3v) is 3.62. The molecule has 3 heterocycles. The molecule has 0 fully saturated rings. The molecule has 114 valence electrons. The van der Waals surface area contributed by atoms with Crippen molar-refractivity contribution in [1.29, 1.82) is 0 Å². The molecule has 0 saturated carbocycles. The Hall–Kier alpha value is -2.25. The Morgan fingerprint density at radius 3 is 2.82 bits per heavy atom. The lowest BCUT2D eigenvalue weighted by Gasteiger charge is -2.14. The number of pyridine rings is 1. The summed E-state index contributed by atoms with van der Waals surface area (Å²) < 4.78 is 6.38. The normalized spacial score (nSPS) is 11.3. The van der Waals surface area contributed by atoms with Crippen molar-refractivity contribution in [2.45, 2.75) is 20.0 Å². The average molecular weight is 319 g/mol. The summed E-state index contributed by atoms with van der Waals surface area (Å²) >= 11 is 6.47. The highest BCUT2D eigenvalue weighted by atomic mass is 35.5. The smallest absolute Gasteiger partial charge is 0.213 e. The molecule has 0 saturated heterocycles. The third-order valence-electron chi connectivity index (χ3n) is 3.23. The van der Waals surface area contributed by atoms with E-state index in [-0.39, 0.29) is 0 Å². The molecular formula is C14H15ClN6O. The number of aromatic nitrogens is 5. The maximum absolute atomic E-state index is 6.47. The molecule has 0 aliphatic rings. The van der Waals surface area contributed by atoms with Crippen molar-refractivity contribution in [3.63, 3.8) is 0 Å². The summed E-state index contributed by atoms with van der Waals surface area (Å²) in [6.45, 7) is 3.13. The van der Waals surface area contributed by atoms with E-state index < -0.39 is 0 Å². The fraction of sp³-hybridized carbons (Fsp3) is 0.286. The van der Waals surface area contributed by atoms with Gasteiger partial charge in [-0.05, 0) is 26.1 Å². The molecule has 0 amide bonds. The number of aryl methyl sites for hydroxylation is 1. The van der Waals surface area contributed by atoms with Gasteiger partial charge in [0.15, 0.2) is 11.6 Å². The van der Waals surface area contributed by atoms with Crippen LogP contribution in [0.3, 0.4) is 0 Å². The number of hydrogen-bond acceptors (Lipinski definition) is 6. The monoisotopic (exact) mass is 318 g/mol. The molecule has 0 N–H and O–H groups in total. The zero-order valence-electron chi connectivity index (χ0n) is 12.3. The molecule has 22 heavy (non-hydrogen) atoms. The molecule has 0 aliphatic heterocycles. The van der Waals surface area contributed by atoms with E-state index in [1.807, 2.05) is 37.1 Å². The highest BCUT2D eigenvalue weighted by molar-refractivity contribution is 6.30. The minimum atomic E-state index is 0.566. The highest BCUT2D eigenvalue weighted by Gasteiger charge is 2.17. The molecule has 7 nitrogen and oxygen atoms in total. The second kappa shape index (κ2) is 6.25. The quantitative estimate of drug-likeness (QED) is 0.718. The van der Waals surface area contributed by atoms with Crippen molar-refractivity contribution >= 4 is 11.6 Å². The average Bonchev–Trinajstić information content (AvgIpc) is 3.11. The molecule has 0 aliphatic carbocycles. The molecule has 3 rings (SSSR count). The van der Waals surface area contributed by atoms with Gasteiger partial charge in [-0.25, -0.2) is 9.67 Å². The lowest BCUT2D eigenvalue weighted by molar-refractivity contribution is 0.301. The Kier molecular flexibility index (Phi) is 4.17. The molecular weight excluding hydrogens is 304 g/mol. The van der Waals surface area contributed by atoms with Crippen molar-refractivity contribution in [1.82, 2.24) is 29.8 Å². The number of rotatable bonds is 5. The van der Waals surface area contributed by atoms with Gasteiger partial charge in [0, 0.05) is 18.3 Å². The zero-order chi connectivity index (χ0) is 15.5. The predicted octanol–water partition coefficient (Wildman–Crippen LogP) is 2.24. The summed E-state index contributed by atoms with van der Waals surface area (Å²) in [5.41, 5.74) is 1.83. The van der Waals surface area contributed by atoms with E-state index in [9.17, 15) is 0 Å². The zero-order valence-corrected chi connectivity index (χ0v) is 13.0. The summed E-state index contributed by atoms with van der Waals surface area (Å²) in [6, 6.07) is 5.62. The van der Waals surface area contributed by atoms with Crippen molar-refractivity contribution in [3.05, 3.63) is 53.0 Å². The topological polar surface area (TPSA) is 72.9 Å². The largest absolute Gasteiger partial charge is 0.343 e. The van der Waals surface area contributed by atoms with Crippen molar-refractivity contribution < 1.29 is 4.52 Å². The van der Waals surface area contributed by atoms with E-state index in [2.05, 4.69) is 20.2 Å². The third kappa shape index (κ3) is 3.00. The van der Waals surface area contributed by atoms with Crippen LogP contribution < -0.4 is 0 Å². The van der Waals surface area contributed by atoms with Gasteiger partial charge in [-0.3, -0.25) is 4.90 Å². The van der Waals surface area contributed by atoms with Gasteiger partial charge in [0.1, 0.15) is 5.15 Å². The lowest BCUT2D eigenvalue weighted by atomic mass is 10.2. The Morgan fingerprint density at radius 2 is 2.14 bits per heavy atom. The summed E-state index contributed by atoms with van der Waals surface area (Å²) in [5, 5.41) is 8.85. The van der Waals surface area contributed by atoms with Gasteiger partial charge >= 0.3 is 0 Å². The maximum Gasteiger partial charge on any atom is 0.213 e. The van der Waals surface area contributed by atoms with Crippen LogP contribution in [0.15, 0.2) is 35.3 Å². The summed E-state index contributed by atoms with van der Waals surface area (Å²) in [4.78, 5) is 10.3. The molecule has 0 aromatic carbocycles. The van der Waals surface area contributed by atoms with Crippen LogP contribution in [0.4, 0.5) is 0 Å². The standard InChI is InChI=1S/C14H15ClN6O/c1-10-11(7-20(2)8-12-17-9-22-19-12)14(15)21(18-10)13-5-3-4-6-16-13/h3-6,9H,7-8H2,1-2H3. The van der Waals surface area contributed by atoms with Crippen LogP contribution in [0.5, 0.6) is 0 Å². The van der Waals surface area contributed by atoms with Crippen LogP contribution in [-0.4, -0.2) is 36.9 Å². The summed E-state index contributed by atoms with van der Waals surface area (Å²) in [5.74, 6) is 1.33. The number of nitrogens with zero attached hydrogens (tertiary/aromatic N) is 6. The maximum atomic E-state index is 6.47. The lowest BCUT2D eigenvalue weighted by Crippen LogP contribution is -2.18. The van der Waals surface area contributed by atoms with Crippen molar-refractivity contribution in [2.24, 2.45) is 0 Å². The van der Waals surface area contributed by atoms with Gasteiger partial charge in [0.2, 0.25) is 6.39 Å². The van der Waals surface area contributed by atoms with E-state index >= 15 is 0 Å². The summed E-state index contributed by atoms with van der Waals surface area (Å²) in [7, 11) is 1.96. The molecule has 3 aromatic rings. The van der Waals surface area contributed by atoms with Gasteiger partial charge in [-0.1, -0.05) is 22.8 Å². The van der Waals surface area contributed by atoms with E-state index in [0.29, 0.717) is 29.9 Å². The van der Waals surface area contributed by atoms with Crippen molar-refractivity contribution in [2.75, 3.05) is 7.05 Å². The van der Waals surface area contributed by atoms with Crippen LogP contribution in [0, 0.1) is 6.92 Å². The van der Waals surface area contributed by atoms with E-state index in [4.69, 9.17) is 16.1 Å².